The Balaban J connectivity index is 1.67. The molecule has 0 radical (unpaired) electrons. The Kier molecular flexibility index (Phi) is 4.06. The predicted octanol–water partition coefficient (Wildman–Crippen LogP) is 1.62. The van der Waals surface area contributed by atoms with Gasteiger partial charge >= 0.3 is 6.09 Å². The molecular formula is C17H18FN5O3. The molecule has 2 aromatic rings. The highest BCUT2D eigenvalue weighted by Crippen LogP contribution is 2.32. The van der Waals surface area contributed by atoms with E-state index in [1.165, 1.54) is 40.3 Å². The first-order valence-electron chi connectivity index (χ1n) is 8.49. The number of halogens is 1. The topological polar surface area (TPSA) is 91.6 Å². The number of benzene rings is 1. The molecule has 26 heavy (non-hydrogen) atoms. The van der Waals surface area contributed by atoms with E-state index in [1.54, 1.807) is 4.90 Å². The van der Waals surface area contributed by atoms with Gasteiger partial charge in [-0.3, -0.25) is 4.79 Å². The molecule has 2 unspecified atom stereocenters. The Labute approximate surface area is 148 Å². The first-order chi connectivity index (χ1) is 12.5. The van der Waals surface area contributed by atoms with Gasteiger partial charge in [-0.05, 0) is 37.0 Å². The van der Waals surface area contributed by atoms with Crippen LogP contribution in [0.2, 0.25) is 0 Å². The maximum atomic E-state index is 13.8. The predicted molar refractivity (Wildman–Crippen MR) is 88.5 cm³/mol. The third-order valence-electron chi connectivity index (χ3n) is 5.14. The highest BCUT2D eigenvalue weighted by Gasteiger charge is 2.43. The summed E-state index contributed by atoms with van der Waals surface area (Å²) in [4.78, 5) is 28.8. The minimum absolute atomic E-state index is 0.114. The van der Waals surface area contributed by atoms with E-state index in [4.69, 9.17) is 0 Å². The van der Waals surface area contributed by atoms with Gasteiger partial charge in [0.2, 0.25) is 0 Å². The van der Waals surface area contributed by atoms with Crippen molar-refractivity contribution < 1.29 is 19.1 Å². The number of likely N-dealkylation sites (tertiary alicyclic amines) is 2. The number of aromatic nitrogens is 3. The molecule has 2 fully saturated rings. The van der Waals surface area contributed by atoms with E-state index in [1.807, 2.05) is 0 Å². The molecule has 2 aliphatic heterocycles. The monoisotopic (exact) mass is 359 g/mol. The second kappa shape index (κ2) is 6.40. The van der Waals surface area contributed by atoms with Crippen LogP contribution < -0.4 is 0 Å². The van der Waals surface area contributed by atoms with Crippen molar-refractivity contribution in [2.45, 2.75) is 18.9 Å². The van der Waals surface area contributed by atoms with Gasteiger partial charge in [-0.2, -0.15) is 15.0 Å². The Morgan fingerprint density at radius 1 is 1.19 bits per heavy atom. The van der Waals surface area contributed by atoms with E-state index in [-0.39, 0.29) is 30.0 Å². The number of hydrogen-bond acceptors (Lipinski definition) is 4. The molecule has 1 N–H and O–H groups in total. The highest BCUT2D eigenvalue weighted by atomic mass is 19.1. The van der Waals surface area contributed by atoms with Crippen LogP contribution in [0, 0.1) is 11.7 Å². The lowest BCUT2D eigenvalue weighted by atomic mass is 9.91. The number of carbonyl (C=O) groups excluding carboxylic acids is 1. The molecule has 2 atom stereocenters. The molecule has 2 aliphatic rings. The summed E-state index contributed by atoms with van der Waals surface area (Å²) in [5, 5.41) is 17.3. The molecule has 0 bridgehead atoms. The number of carboxylic acid groups (broad SMARTS) is 1. The van der Waals surface area contributed by atoms with Gasteiger partial charge in [0.1, 0.15) is 5.82 Å². The van der Waals surface area contributed by atoms with Crippen molar-refractivity contribution in [3.8, 4) is 5.69 Å². The van der Waals surface area contributed by atoms with Crippen molar-refractivity contribution in [3.63, 3.8) is 0 Å². The van der Waals surface area contributed by atoms with E-state index in [0.29, 0.717) is 18.8 Å². The molecule has 0 aliphatic carbocycles. The minimum Gasteiger partial charge on any atom is -0.465 e. The molecule has 8 nitrogen and oxygen atoms in total. The van der Waals surface area contributed by atoms with Crippen LogP contribution in [0.25, 0.3) is 5.69 Å². The number of nitrogens with zero attached hydrogens (tertiary/aromatic N) is 5. The maximum absolute atomic E-state index is 13.8. The van der Waals surface area contributed by atoms with Gasteiger partial charge in [0, 0.05) is 19.6 Å². The number of carbonyl (C=O) groups is 2. The summed E-state index contributed by atoms with van der Waals surface area (Å²) in [5.41, 5.74) is 0.576. The second-order valence-corrected chi connectivity index (χ2v) is 6.64. The van der Waals surface area contributed by atoms with Gasteiger partial charge in [-0.15, -0.1) is 0 Å². The largest absolute Gasteiger partial charge is 0.465 e. The number of amides is 2. The molecule has 4 rings (SSSR count). The average molecular weight is 359 g/mol. The van der Waals surface area contributed by atoms with Crippen LogP contribution in [0.3, 0.4) is 0 Å². The zero-order valence-electron chi connectivity index (χ0n) is 14.0. The second-order valence-electron chi connectivity index (χ2n) is 6.64. The van der Waals surface area contributed by atoms with E-state index in [9.17, 15) is 19.1 Å². The lowest BCUT2D eigenvalue weighted by Crippen LogP contribution is -2.48. The summed E-state index contributed by atoms with van der Waals surface area (Å²) >= 11 is 0. The first kappa shape index (κ1) is 16.5. The molecule has 2 saturated heterocycles. The fourth-order valence-electron chi connectivity index (χ4n) is 3.94. The smallest absolute Gasteiger partial charge is 0.407 e. The van der Waals surface area contributed by atoms with Crippen molar-refractivity contribution in [3.05, 3.63) is 42.0 Å². The zero-order valence-corrected chi connectivity index (χ0v) is 14.0. The maximum Gasteiger partial charge on any atom is 0.407 e. The number of piperidine rings is 1. The fraction of sp³-hybridized carbons (Fsp3) is 0.412. The van der Waals surface area contributed by atoms with E-state index in [2.05, 4.69) is 10.2 Å². The normalized spacial score (nSPS) is 22.3. The molecule has 136 valence electrons. The molecule has 1 aromatic heterocycles. The van der Waals surface area contributed by atoms with Crippen molar-refractivity contribution in [2.75, 3.05) is 19.6 Å². The third kappa shape index (κ3) is 2.79. The molecule has 9 heteroatoms. The van der Waals surface area contributed by atoms with Gasteiger partial charge in [-0.25, -0.2) is 9.18 Å². The third-order valence-corrected chi connectivity index (χ3v) is 5.14. The SMILES string of the molecule is O=C(O)N1CC2CCCN(C(=O)c3cc(F)ccc3-n3nccn3)C2C1. The standard InChI is InChI=1S/C17H18FN5O3/c18-12-3-4-14(23-19-5-6-20-23)13(8-12)16(24)22-7-1-2-11-9-21(17(25)26)10-15(11)22/h3-6,8,11,15H,1-2,7,9-10H2,(H,25,26). The molecule has 0 saturated carbocycles. The van der Waals surface area contributed by atoms with Crippen LogP contribution in [-0.2, 0) is 0 Å². The van der Waals surface area contributed by atoms with Crippen molar-refractivity contribution >= 4 is 12.0 Å². The Hall–Kier alpha value is -2.97. The van der Waals surface area contributed by atoms with Gasteiger partial charge in [0.25, 0.3) is 5.91 Å². The highest BCUT2D eigenvalue weighted by molar-refractivity contribution is 5.98. The Morgan fingerprint density at radius 2 is 1.96 bits per heavy atom. The number of fused-ring (bicyclic) bond motifs is 1. The van der Waals surface area contributed by atoms with Crippen molar-refractivity contribution in [1.82, 2.24) is 24.8 Å². The summed E-state index contributed by atoms with van der Waals surface area (Å²) in [6, 6.07) is 3.74. The van der Waals surface area contributed by atoms with Crippen LogP contribution in [0.4, 0.5) is 9.18 Å². The molecule has 2 amide bonds. The van der Waals surface area contributed by atoms with Gasteiger partial charge in [0.15, 0.2) is 0 Å². The molecular weight excluding hydrogens is 341 g/mol. The van der Waals surface area contributed by atoms with Crippen LogP contribution >= 0.6 is 0 Å². The summed E-state index contributed by atoms with van der Waals surface area (Å²) in [5.74, 6) is -0.723. The molecule has 0 spiro atoms. The van der Waals surface area contributed by atoms with Gasteiger partial charge in [0.05, 0.1) is 29.7 Å². The van der Waals surface area contributed by atoms with Gasteiger partial charge in [-0.1, -0.05) is 0 Å². The van der Waals surface area contributed by atoms with Crippen LogP contribution in [0.5, 0.6) is 0 Å². The summed E-state index contributed by atoms with van der Waals surface area (Å²) in [6.07, 6.45) is 3.67. The van der Waals surface area contributed by atoms with Crippen LogP contribution in [0.15, 0.2) is 30.6 Å². The minimum atomic E-state index is -0.973. The lowest BCUT2D eigenvalue weighted by Gasteiger charge is -2.37. The number of hydrogen-bond donors (Lipinski definition) is 1. The summed E-state index contributed by atoms with van der Waals surface area (Å²) in [7, 11) is 0. The first-order valence-corrected chi connectivity index (χ1v) is 8.49. The van der Waals surface area contributed by atoms with Crippen molar-refractivity contribution in [2.24, 2.45) is 5.92 Å². The van der Waals surface area contributed by atoms with E-state index < -0.39 is 11.9 Å². The van der Waals surface area contributed by atoms with Crippen molar-refractivity contribution in [1.29, 1.82) is 0 Å². The van der Waals surface area contributed by atoms with Crippen LogP contribution in [0.1, 0.15) is 23.2 Å². The average Bonchev–Trinajstić information content (AvgIpc) is 3.30. The zero-order chi connectivity index (χ0) is 18.3. The van der Waals surface area contributed by atoms with Crippen LogP contribution in [-0.4, -0.2) is 67.6 Å². The lowest BCUT2D eigenvalue weighted by molar-refractivity contribution is 0.0569. The summed E-state index contributed by atoms with van der Waals surface area (Å²) < 4.78 is 13.8. The fourth-order valence-corrected chi connectivity index (χ4v) is 3.94. The van der Waals surface area contributed by atoms with Gasteiger partial charge < -0.3 is 14.9 Å². The quantitative estimate of drug-likeness (QED) is 0.880. The Morgan fingerprint density at radius 3 is 2.69 bits per heavy atom. The summed E-state index contributed by atoms with van der Waals surface area (Å²) in [6.45, 7) is 1.24. The Bertz CT molecular complexity index is 841. The van der Waals surface area contributed by atoms with E-state index >= 15 is 0 Å². The van der Waals surface area contributed by atoms with E-state index in [0.717, 1.165) is 12.8 Å². The molecule has 1 aromatic carbocycles. The molecule has 3 heterocycles. The number of rotatable bonds is 2.